The molecule has 134 valence electrons. The van der Waals surface area contributed by atoms with E-state index in [4.69, 9.17) is 0 Å². The van der Waals surface area contributed by atoms with Gasteiger partial charge < -0.3 is 9.88 Å². The maximum absolute atomic E-state index is 12.7. The van der Waals surface area contributed by atoms with Gasteiger partial charge in [-0.25, -0.2) is 18.4 Å². The molecule has 0 saturated carbocycles. The Morgan fingerprint density at radius 1 is 1.36 bits per heavy atom. The summed E-state index contributed by atoms with van der Waals surface area (Å²) in [4.78, 5) is 20.5. The van der Waals surface area contributed by atoms with Crippen molar-refractivity contribution in [1.82, 2.24) is 18.8 Å². The number of carbonyl (C=O) groups is 1. The van der Waals surface area contributed by atoms with Crippen molar-refractivity contribution in [2.24, 2.45) is 5.92 Å². The molecule has 9 heteroatoms. The van der Waals surface area contributed by atoms with Gasteiger partial charge in [-0.3, -0.25) is 4.79 Å². The molecule has 3 rings (SSSR count). The molecule has 1 amide bonds. The second kappa shape index (κ2) is 7.32. The number of sulfonamides is 1. The summed E-state index contributed by atoms with van der Waals surface area (Å²) < 4.78 is 28.6. The van der Waals surface area contributed by atoms with Gasteiger partial charge in [0.1, 0.15) is 5.82 Å². The topological polar surface area (TPSA) is 97.2 Å². The van der Waals surface area contributed by atoms with Crippen LogP contribution < -0.4 is 5.32 Å². The Kier molecular flexibility index (Phi) is 5.14. The first-order valence-corrected chi connectivity index (χ1v) is 9.68. The number of nitrogens with one attached hydrogen (secondary N) is 1. The number of nitrogens with zero attached hydrogens (tertiary/aromatic N) is 4. The Bertz CT molecular complexity index is 834. The lowest BCUT2D eigenvalue weighted by Crippen LogP contribution is -2.43. The first-order chi connectivity index (χ1) is 12.0. The lowest BCUT2D eigenvalue weighted by molar-refractivity contribution is -0.120. The number of piperidine rings is 1. The summed E-state index contributed by atoms with van der Waals surface area (Å²) in [6.45, 7) is 3.11. The summed E-state index contributed by atoms with van der Waals surface area (Å²) >= 11 is 0. The minimum absolute atomic E-state index is 0.0279. The van der Waals surface area contributed by atoms with Crippen LogP contribution >= 0.6 is 0 Å². The molecule has 1 atom stereocenters. The monoisotopic (exact) mass is 363 g/mol. The predicted molar refractivity (Wildman–Crippen MR) is 92.3 cm³/mol. The van der Waals surface area contributed by atoms with Crippen LogP contribution in [0.15, 0.2) is 41.9 Å². The Hall–Kier alpha value is -2.26. The molecule has 0 bridgehead atoms. The van der Waals surface area contributed by atoms with Crippen LogP contribution in [0.5, 0.6) is 0 Å². The molecular weight excluding hydrogens is 342 g/mol. The van der Waals surface area contributed by atoms with Crippen LogP contribution in [0, 0.1) is 5.92 Å². The minimum atomic E-state index is -3.68. The summed E-state index contributed by atoms with van der Waals surface area (Å²) in [5.74, 6) is -0.148. The summed E-state index contributed by atoms with van der Waals surface area (Å²) in [5, 5.41) is 2.77. The Balaban J connectivity index is 1.71. The highest BCUT2D eigenvalue weighted by Gasteiger charge is 2.34. The number of pyridine rings is 1. The van der Waals surface area contributed by atoms with E-state index in [1.807, 2.05) is 6.92 Å². The fourth-order valence-corrected chi connectivity index (χ4v) is 4.28. The van der Waals surface area contributed by atoms with E-state index in [0.29, 0.717) is 31.7 Å². The van der Waals surface area contributed by atoms with Gasteiger partial charge in [0.25, 0.3) is 10.0 Å². The first kappa shape index (κ1) is 17.6. The summed E-state index contributed by atoms with van der Waals surface area (Å²) in [6.07, 6.45) is 5.90. The van der Waals surface area contributed by atoms with Crippen molar-refractivity contribution in [3.05, 3.63) is 36.9 Å². The molecule has 1 aliphatic heterocycles. The van der Waals surface area contributed by atoms with Crippen LogP contribution in [0.25, 0.3) is 0 Å². The van der Waals surface area contributed by atoms with Crippen molar-refractivity contribution in [1.29, 1.82) is 0 Å². The molecule has 2 aromatic heterocycles. The molecule has 1 fully saturated rings. The molecule has 0 spiro atoms. The van der Waals surface area contributed by atoms with Crippen LogP contribution in [-0.2, 0) is 21.4 Å². The van der Waals surface area contributed by atoms with Crippen molar-refractivity contribution in [3.63, 3.8) is 0 Å². The maximum atomic E-state index is 12.7. The fraction of sp³-hybridized carbons (Fsp3) is 0.438. The molecule has 0 radical (unpaired) electrons. The maximum Gasteiger partial charge on any atom is 0.262 e. The van der Waals surface area contributed by atoms with E-state index in [9.17, 15) is 13.2 Å². The van der Waals surface area contributed by atoms with Crippen LogP contribution in [0.2, 0.25) is 0 Å². The van der Waals surface area contributed by atoms with Gasteiger partial charge in [0, 0.05) is 32.0 Å². The highest BCUT2D eigenvalue weighted by atomic mass is 32.2. The second-order valence-electron chi connectivity index (χ2n) is 5.95. The van der Waals surface area contributed by atoms with Crippen molar-refractivity contribution < 1.29 is 13.2 Å². The number of amides is 1. The number of aryl methyl sites for hydroxylation is 1. The van der Waals surface area contributed by atoms with Gasteiger partial charge in [-0.05, 0) is 31.9 Å². The molecule has 1 aliphatic rings. The number of imidazole rings is 1. The van der Waals surface area contributed by atoms with E-state index in [-0.39, 0.29) is 17.5 Å². The lowest BCUT2D eigenvalue weighted by atomic mass is 9.99. The molecule has 0 aliphatic carbocycles. The van der Waals surface area contributed by atoms with Gasteiger partial charge in [0.05, 0.1) is 12.2 Å². The fourth-order valence-electron chi connectivity index (χ4n) is 2.82. The van der Waals surface area contributed by atoms with Crippen LogP contribution in [0.3, 0.4) is 0 Å². The van der Waals surface area contributed by atoms with E-state index >= 15 is 0 Å². The Morgan fingerprint density at radius 2 is 2.20 bits per heavy atom. The van der Waals surface area contributed by atoms with Gasteiger partial charge in [-0.2, -0.15) is 4.31 Å². The number of carbonyl (C=O) groups excluding carboxylic acids is 1. The normalized spacial score (nSPS) is 18.8. The van der Waals surface area contributed by atoms with Crippen LogP contribution in [0.1, 0.15) is 19.8 Å². The van der Waals surface area contributed by atoms with Crippen molar-refractivity contribution in [2.45, 2.75) is 31.3 Å². The number of rotatable bonds is 5. The zero-order chi connectivity index (χ0) is 17.9. The summed E-state index contributed by atoms with van der Waals surface area (Å²) in [6, 6.07) is 5.25. The summed E-state index contributed by atoms with van der Waals surface area (Å²) in [5.41, 5.74) is 0. The van der Waals surface area contributed by atoms with Gasteiger partial charge in [-0.15, -0.1) is 0 Å². The molecule has 1 saturated heterocycles. The van der Waals surface area contributed by atoms with E-state index < -0.39 is 15.9 Å². The molecule has 2 aromatic rings. The van der Waals surface area contributed by atoms with E-state index in [2.05, 4.69) is 15.3 Å². The highest BCUT2D eigenvalue weighted by molar-refractivity contribution is 7.89. The minimum Gasteiger partial charge on any atom is -0.336 e. The molecule has 1 N–H and O–H groups in total. The molecule has 3 heterocycles. The average molecular weight is 363 g/mol. The van der Waals surface area contributed by atoms with Crippen molar-refractivity contribution in [3.8, 4) is 0 Å². The largest absolute Gasteiger partial charge is 0.336 e. The first-order valence-electron chi connectivity index (χ1n) is 8.24. The molecule has 25 heavy (non-hydrogen) atoms. The number of hydrogen-bond donors (Lipinski definition) is 1. The zero-order valence-corrected chi connectivity index (χ0v) is 14.8. The highest BCUT2D eigenvalue weighted by Crippen LogP contribution is 2.23. The van der Waals surface area contributed by atoms with Crippen LogP contribution in [0.4, 0.5) is 5.82 Å². The standard InChI is InChI=1S/C16H21N5O3S/c1-2-20-11-15(18-12-20)25(23,24)21-9-5-6-13(10-21)16(22)19-14-7-3-4-8-17-14/h3-4,7-8,11-13H,2,5-6,9-10H2,1H3,(H,17,19,22). The van der Waals surface area contributed by atoms with Gasteiger partial charge in [0.2, 0.25) is 5.91 Å². The Labute approximate surface area is 146 Å². The van der Waals surface area contributed by atoms with Crippen molar-refractivity contribution >= 4 is 21.7 Å². The number of hydrogen-bond acceptors (Lipinski definition) is 5. The van der Waals surface area contributed by atoms with Crippen LogP contribution in [-0.4, -0.2) is 46.3 Å². The van der Waals surface area contributed by atoms with E-state index in [1.54, 1.807) is 29.0 Å². The van der Waals surface area contributed by atoms with Gasteiger partial charge in [-0.1, -0.05) is 6.07 Å². The quantitative estimate of drug-likeness (QED) is 0.864. The van der Waals surface area contributed by atoms with Gasteiger partial charge >= 0.3 is 0 Å². The molecule has 8 nitrogen and oxygen atoms in total. The average Bonchev–Trinajstić information content (AvgIpc) is 3.13. The summed E-state index contributed by atoms with van der Waals surface area (Å²) in [7, 11) is -3.68. The van der Waals surface area contributed by atoms with E-state index in [1.165, 1.54) is 16.8 Å². The number of aromatic nitrogens is 3. The number of anilines is 1. The van der Waals surface area contributed by atoms with Crippen molar-refractivity contribution in [2.75, 3.05) is 18.4 Å². The van der Waals surface area contributed by atoms with E-state index in [0.717, 1.165) is 0 Å². The SMILES string of the molecule is CCn1cnc(S(=O)(=O)N2CCCC(C(=O)Nc3ccccn3)C2)c1. The van der Waals surface area contributed by atoms with Gasteiger partial charge in [0.15, 0.2) is 5.03 Å². The third-order valence-electron chi connectivity index (χ3n) is 4.25. The molecule has 1 unspecified atom stereocenters. The second-order valence-corrected chi connectivity index (χ2v) is 7.83. The third kappa shape index (κ3) is 3.88. The zero-order valence-electron chi connectivity index (χ0n) is 14.0. The molecular formula is C16H21N5O3S. The lowest BCUT2D eigenvalue weighted by Gasteiger charge is -2.30. The third-order valence-corrected chi connectivity index (χ3v) is 6.00. The predicted octanol–water partition coefficient (Wildman–Crippen LogP) is 1.34. The smallest absolute Gasteiger partial charge is 0.262 e. The Morgan fingerprint density at radius 3 is 2.88 bits per heavy atom. The molecule has 0 aromatic carbocycles.